The highest BCUT2D eigenvalue weighted by Gasteiger charge is 2.20. The smallest absolute Gasteiger partial charge is 0.340 e. The summed E-state index contributed by atoms with van der Waals surface area (Å²) in [5.74, 6) is -0.439. The van der Waals surface area contributed by atoms with Gasteiger partial charge in [-0.3, -0.25) is 4.79 Å². The fourth-order valence-electron chi connectivity index (χ4n) is 3.20. The van der Waals surface area contributed by atoms with Crippen molar-refractivity contribution in [1.82, 2.24) is 5.32 Å². The van der Waals surface area contributed by atoms with Crippen LogP contribution in [-0.2, 0) is 11.2 Å². The van der Waals surface area contributed by atoms with Gasteiger partial charge in [-0.15, -0.1) is 0 Å². The van der Waals surface area contributed by atoms with Gasteiger partial charge >= 0.3 is 5.63 Å². The van der Waals surface area contributed by atoms with E-state index in [0.29, 0.717) is 22.1 Å². The maximum Gasteiger partial charge on any atom is 0.340 e. The number of benzene rings is 1. The molecule has 3 N–H and O–H groups in total. The molecule has 7 heteroatoms. The van der Waals surface area contributed by atoms with Crippen molar-refractivity contribution in [3.63, 3.8) is 0 Å². The molecule has 138 valence electrons. The van der Waals surface area contributed by atoms with Crippen molar-refractivity contribution >= 4 is 27.8 Å². The fourth-order valence-corrected chi connectivity index (χ4v) is 3.20. The number of nitrogens with one attached hydrogen (secondary N) is 1. The Kier molecular flexibility index (Phi) is 4.84. The largest absolute Gasteiger partial charge is 0.463 e. The van der Waals surface area contributed by atoms with Crippen LogP contribution < -0.4 is 10.9 Å². The number of aliphatic hydroxyl groups excluding tert-OH is 2. The second-order valence-corrected chi connectivity index (χ2v) is 6.50. The third-order valence-corrected chi connectivity index (χ3v) is 4.55. The third kappa shape index (κ3) is 3.11. The number of aliphatic hydroxyl groups is 2. The topological polar surface area (TPSA) is 113 Å². The van der Waals surface area contributed by atoms with Crippen molar-refractivity contribution in [2.75, 3.05) is 13.2 Å². The molecule has 2 heterocycles. The van der Waals surface area contributed by atoms with Crippen LogP contribution in [0, 0.1) is 20.8 Å². The van der Waals surface area contributed by atoms with E-state index in [0.717, 1.165) is 16.5 Å². The maximum atomic E-state index is 12.4. The Hall–Kier alpha value is -2.64. The quantitative estimate of drug-likeness (QED) is 0.595. The fraction of sp³-hybridized carbons (Fsp3) is 0.368. The molecule has 1 aromatic carbocycles. The van der Waals surface area contributed by atoms with Gasteiger partial charge in [-0.05, 0) is 43.5 Å². The highest BCUT2D eigenvalue weighted by atomic mass is 16.4. The van der Waals surface area contributed by atoms with E-state index in [9.17, 15) is 14.7 Å². The van der Waals surface area contributed by atoms with Crippen LogP contribution in [0.15, 0.2) is 26.0 Å². The van der Waals surface area contributed by atoms with E-state index in [4.69, 9.17) is 13.9 Å². The summed E-state index contributed by atoms with van der Waals surface area (Å²) in [6.07, 6.45) is 0.434. The molecule has 2 aromatic heterocycles. The molecule has 3 rings (SSSR count). The Balaban J connectivity index is 2.07. The molecular formula is C19H21NO6. The van der Waals surface area contributed by atoms with Gasteiger partial charge in [-0.1, -0.05) is 0 Å². The average Bonchev–Trinajstić information content (AvgIpc) is 2.98. The van der Waals surface area contributed by atoms with Gasteiger partial charge in [-0.2, -0.15) is 0 Å². The molecule has 0 aliphatic heterocycles. The molecule has 0 aliphatic carbocycles. The predicted molar refractivity (Wildman–Crippen MR) is 96.3 cm³/mol. The summed E-state index contributed by atoms with van der Waals surface area (Å²) in [6, 6.07) is 1.80. The van der Waals surface area contributed by atoms with Crippen LogP contribution in [-0.4, -0.2) is 35.4 Å². The lowest BCUT2D eigenvalue weighted by Gasteiger charge is -2.11. The molecule has 0 saturated carbocycles. The molecule has 0 fully saturated rings. The second kappa shape index (κ2) is 6.93. The lowest BCUT2D eigenvalue weighted by molar-refractivity contribution is -0.121. The van der Waals surface area contributed by atoms with Crippen molar-refractivity contribution in [3.8, 4) is 0 Å². The summed E-state index contributed by atoms with van der Waals surface area (Å²) in [4.78, 5) is 24.5. The van der Waals surface area contributed by atoms with Gasteiger partial charge < -0.3 is 24.4 Å². The number of amides is 1. The van der Waals surface area contributed by atoms with Gasteiger partial charge in [0.05, 0.1) is 36.3 Å². The number of hydrogen-bond donors (Lipinski definition) is 3. The lowest BCUT2D eigenvalue weighted by Crippen LogP contribution is -2.35. The molecule has 0 aliphatic rings. The SMILES string of the molecule is Cc1coc2c1c(C)cc1oc(=O)c(CC(=O)NC[C@@H](O)CO)c(C)c12. The zero-order chi connectivity index (χ0) is 19.0. The van der Waals surface area contributed by atoms with E-state index in [1.807, 2.05) is 13.8 Å². The van der Waals surface area contributed by atoms with Crippen LogP contribution in [0.2, 0.25) is 0 Å². The standard InChI is InChI=1S/C19H21NO6/c1-9-4-14-17(18-16(9)10(2)8-25-18)11(3)13(19(24)26-14)5-15(23)20-6-12(22)7-21/h4,8,12,21-22H,5-7H2,1-3H3,(H,20,23)/t12-/m1/s1. The minimum Gasteiger partial charge on any atom is -0.463 e. The normalized spacial score (nSPS) is 12.7. The Morgan fingerprint density at radius 2 is 1.96 bits per heavy atom. The zero-order valence-electron chi connectivity index (χ0n) is 14.9. The van der Waals surface area contributed by atoms with E-state index >= 15 is 0 Å². The number of furan rings is 1. The first kappa shape index (κ1) is 18.2. The van der Waals surface area contributed by atoms with E-state index in [1.54, 1.807) is 19.3 Å². The highest BCUT2D eigenvalue weighted by Crippen LogP contribution is 2.34. The third-order valence-electron chi connectivity index (χ3n) is 4.55. The lowest BCUT2D eigenvalue weighted by atomic mass is 9.99. The molecular weight excluding hydrogens is 338 g/mol. The van der Waals surface area contributed by atoms with Crippen molar-refractivity contribution in [1.29, 1.82) is 0 Å². The summed E-state index contributed by atoms with van der Waals surface area (Å²) in [5, 5.41) is 22.2. The molecule has 3 aromatic rings. The molecule has 0 bridgehead atoms. The predicted octanol–water partition coefficient (Wildman–Crippen LogP) is 1.48. The van der Waals surface area contributed by atoms with E-state index in [1.165, 1.54) is 0 Å². The second-order valence-electron chi connectivity index (χ2n) is 6.50. The van der Waals surface area contributed by atoms with Crippen LogP contribution in [0.5, 0.6) is 0 Å². The molecule has 26 heavy (non-hydrogen) atoms. The van der Waals surface area contributed by atoms with Crippen molar-refractivity contribution in [2.24, 2.45) is 0 Å². The van der Waals surface area contributed by atoms with E-state index in [-0.39, 0.29) is 18.5 Å². The van der Waals surface area contributed by atoms with Gasteiger partial charge in [0.2, 0.25) is 5.91 Å². The first-order chi connectivity index (χ1) is 12.3. The van der Waals surface area contributed by atoms with Gasteiger partial charge in [-0.25, -0.2) is 4.79 Å². The summed E-state index contributed by atoms with van der Waals surface area (Å²) < 4.78 is 11.1. The summed E-state index contributed by atoms with van der Waals surface area (Å²) >= 11 is 0. The summed E-state index contributed by atoms with van der Waals surface area (Å²) in [5.41, 5.74) is 3.30. The average molecular weight is 359 g/mol. The van der Waals surface area contributed by atoms with Gasteiger partial charge in [0.1, 0.15) is 11.2 Å². The molecule has 1 atom stereocenters. The first-order valence-corrected chi connectivity index (χ1v) is 8.32. The summed E-state index contributed by atoms with van der Waals surface area (Å²) in [6.45, 7) is 5.09. The van der Waals surface area contributed by atoms with Crippen molar-refractivity contribution in [3.05, 3.63) is 45.0 Å². The van der Waals surface area contributed by atoms with Crippen LogP contribution >= 0.6 is 0 Å². The number of hydrogen-bond acceptors (Lipinski definition) is 6. The number of carbonyl (C=O) groups is 1. The summed E-state index contributed by atoms with van der Waals surface area (Å²) in [7, 11) is 0. The Bertz CT molecular complexity index is 1050. The molecule has 0 saturated heterocycles. The Morgan fingerprint density at radius 1 is 1.23 bits per heavy atom. The minimum atomic E-state index is -1.04. The van der Waals surface area contributed by atoms with Crippen LogP contribution in [0.3, 0.4) is 0 Å². The molecule has 7 nitrogen and oxygen atoms in total. The van der Waals surface area contributed by atoms with Gasteiger partial charge in [0.25, 0.3) is 0 Å². The molecule has 0 unspecified atom stereocenters. The Morgan fingerprint density at radius 3 is 2.65 bits per heavy atom. The monoisotopic (exact) mass is 359 g/mol. The molecule has 0 radical (unpaired) electrons. The highest BCUT2D eigenvalue weighted by molar-refractivity contribution is 6.07. The minimum absolute atomic E-state index is 0.0892. The number of aryl methyl sites for hydroxylation is 3. The molecule has 1 amide bonds. The Labute approximate surface area is 149 Å². The van der Waals surface area contributed by atoms with Gasteiger partial charge in [0.15, 0.2) is 0 Å². The van der Waals surface area contributed by atoms with E-state index in [2.05, 4.69) is 5.32 Å². The maximum absolute atomic E-state index is 12.4. The molecule has 0 spiro atoms. The van der Waals surface area contributed by atoms with E-state index < -0.39 is 24.2 Å². The number of fused-ring (bicyclic) bond motifs is 3. The number of carbonyl (C=O) groups excluding carboxylic acids is 1. The van der Waals surface area contributed by atoms with Crippen molar-refractivity contribution in [2.45, 2.75) is 33.3 Å². The number of rotatable bonds is 5. The van der Waals surface area contributed by atoms with Crippen molar-refractivity contribution < 1.29 is 23.8 Å². The van der Waals surface area contributed by atoms with Gasteiger partial charge in [0, 0.05) is 11.9 Å². The zero-order valence-corrected chi connectivity index (χ0v) is 14.9. The van der Waals surface area contributed by atoms with Crippen LogP contribution in [0.25, 0.3) is 21.9 Å². The first-order valence-electron chi connectivity index (χ1n) is 8.32. The van der Waals surface area contributed by atoms with Crippen LogP contribution in [0.1, 0.15) is 22.3 Å². The van der Waals surface area contributed by atoms with Crippen LogP contribution in [0.4, 0.5) is 0 Å².